The molecular formula is C12H12ClN3O2S. The maximum Gasteiger partial charge on any atom is 0.338 e. The molecule has 0 spiro atoms. The molecule has 2 aromatic rings. The highest BCUT2D eigenvalue weighted by atomic mass is 35.5. The summed E-state index contributed by atoms with van der Waals surface area (Å²) in [6.07, 6.45) is 1.57. The number of carboxylic acids is 1. The molecule has 100 valence electrons. The number of hydrogen-bond acceptors (Lipinski definition) is 4. The number of aromatic nitrogens is 3. The zero-order valence-electron chi connectivity index (χ0n) is 10.4. The van der Waals surface area contributed by atoms with Gasteiger partial charge in [-0.3, -0.25) is 4.68 Å². The van der Waals surface area contributed by atoms with Crippen LogP contribution in [0, 0.1) is 6.92 Å². The second-order valence-corrected chi connectivity index (χ2v) is 5.26. The van der Waals surface area contributed by atoms with Gasteiger partial charge in [0.1, 0.15) is 5.03 Å². The van der Waals surface area contributed by atoms with Gasteiger partial charge in [-0.1, -0.05) is 23.4 Å². The van der Waals surface area contributed by atoms with Gasteiger partial charge in [0.25, 0.3) is 0 Å². The van der Waals surface area contributed by atoms with Crippen molar-refractivity contribution in [2.45, 2.75) is 17.7 Å². The minimum Gasteiger partial charge on any atom is -0.478 e. The summed E-state index contributed by atoms with van der Waals surface area (Å²) in [6, 6.07) is 3.14. The molecule has 2 heterocycles. The van der Waals surface area contributed by atoms with E-state index >= 15 is 0 Å². The van der Waals surface area contributed by atoms with Crippen LogP contribution in [-0.2, 0) is 12.8 Å². The minimum absolute atomic E-state index is 0.197. The molecule has 0 saturated carbocycles. The Labute approximate surface area is 119 Å². The Morgan fingerprint density at radius 1 is 1.58 bits per heavy atom. The number of hydrogen-bond donors (Lipinski definition) is 1. The van der Waals surface area contributed by atoms with Crippen LogP contribution in [0.2, 0.25) is 5.02 Å². The van der Waals surface area contributed by atoms with Gasteiger partial charge in [0.2, 0.25) is 0 Å². The molecule has 2 rings (SSSR count). The molecule has 0 unspecified atom stereocenters. The van der Waals surface area contributed by atoms with E-state index in [2.05, 4.69) is 10.1 Å². The van der Waals surface area contributed by atoms with Crippen molar-refractivity contribution in [1.82, 2.24) is 14.8 Å². The van der Waals surface area contributed by atoms with E-state index in [1.165, 1.54) is 17.8 Å². The molecule has 0 aliphatic carbocycles. The number of aryl methyl sites for hydroxylation is 2. The SMILES string of the molecule is Cc1nn(C)c(CSc2ncccc2C(=O)O)c1Cl. The monoisotopic (exact) mass is 297 g/mol. The third-order valence-electron chi connectivity index (χ3n) is 2.61. The van der Waals surface area contributed by atoms with Crippen LogP contribution in [-0.4, -0.2) is 25.8 Å². The molecule has 0 saturated heterocycles. The Bertz CT molecular complexity index is 627. The predicted octanol–water partition coefficient (Wildman–Crippen LogP) is 2.77. The molecule has 0 bridgehead atoms. The van der Waals surface area contributed by atoms with Gasteiger partial charge in [-0.05, 0) is 19.1 Å². The fraction of sp³-hybridized carbons (Fsp3) is 0.250. The Hall–Kier alpha value is -1.53. The number of thioether (sulfide) groups is 1. The number of rotatable bonds is 4. The van der Waals surface area contributed by atoms with E-state index in [0.717, 1.165) is 11.4 Å². The van der Waals surface area contributed by atoms with Gasteiger partial charge in [-0.25, -0.2) is 9.78 Å². The van der Waals surface area contributed by atoms with E-state index in [1.54, 1.807) is 16.9 Å². The normalized spacial score (nSPS) is 10.7. The Kier molecular flexibility index (Phi) is 4.11. The number of carbonyl (C=O) groups is 1. The average molecular weight is 298 g/mol. The lowest BCUT2D eigenvalue weighted by Gasteiger charge is -2.05. The molecule has 0 aliphatic heterocycles. The van der Waals surface area contributed by atoms with Crippen molar-refractivity contribution in [2.75, 3.05) is 0 Å². The first kappa shape index (κ1) is 13.9. The summed E-state index contributed by atoms with van der Waals surface area (Å²) in [6.45, 7) is 1.83. The lowest BCUT2D eigenvalue weighted by atomic mass is 10.3. The summed E-state index contributed by atoms with van der Waals surface area (Å²) in [7, 11) is 1.81. The number of halogens is 1. The molecule has 0 aliphatic rings. The van der Waals surface area contributed by atoms with Gasteiger partial charge in [0.15, 0.2) is 0 Å². The topological polar surface area (TPSA) is 68.0 Å². The molecule has 1 N–H and O–H groups in total. The summed E-state index contributed by atoms with van der Waals surface area (Å²) in [5, 5.41) is 14.4. The van der Waals surface area contributed by atoms with Gasteiger partial charge in [-0.15, -0.1) is 0 Å². The fourth-order valence-electron chi connectivity index (χ4n) is 1.64. The van der Waals surface area contributed by atoms with Gasteiger partial charge in [-0.2, -0.15) is 5.10 Å². The largest absolute Gasteiger partial charge is 0.478 e. The second-order valence-electron chi connectivity index (χ2n) is 3.92. The van der Waals surface area contributed by atoms with Crippen LogP contribution < -0.4 is 0 Å². The molecule has 19 heavy (non-hydrogen) atoms. The van der Waals surface area contributed by atoms with E-state index in [9.17, 15) is 4.79 Å². The van der Waals surface area contributed by atoms with Crippen molar-refractivity contribution in [2.24, 2.45) is 7.05 Å². The van der Waals surface area contributed by atoms with Crippen molar-refractivity contribution in [3.8, 4) is 0 Å². The first-order valence-corrected chi connectivity index (χ1v) is 6.86. The van der Waals surface area contributed by atoms with Crippen molar-refractivity contribution in [3.63, 3.8) is 0 Å². The third-order valence-corrected chi connectivity index (χ3v) is 4.12. The molecule has 0 atom stereocenters. The number of carboxylic acid groups (broad SMARTS) is 1. The maximum atomic E-state index is 11.1. The third kappa shape index (κ3) is 2.90. The van der Waals surface area contributed by atoms with Crippen LogP contribution in [0.15, 0.2) is 23.4 Å². The number of nitrogens with zero attached hydrogens (tertiary/aromatic N) is 3. The first-order chi connectivity index (χ1) is 9.00. The number of pyridine rings is 1. The molecule has 2 aromatic heterocycles. The molecule has 0 aromatic carbocycles. The fourth-order valence-corrected chi connectivity index (χ4v) is 3.00. The summed E-state index contributed by atoms with van der Waals surface area (Å²) in [4.78, 5) is 15.2. The highest BCUT2D eigenvalue weighted by Gasteiger charge is 2.15. The summed E-state index contributed by atoms with van der Waals surface area (Å²) >= 11 is 7.48. The quantitative estimate of drug-likeness (QED) is 0.879. The molecule has 0 amide bonds. The van der Waals surface area contributed by atoms with Crippen molar-refractivity contribution in [3.05, 3.63) is 40.3 Å². The van der Waals surface area contributed by atoms with Gasteiger partial charge in [0.05, 0.1) is 22.0 Å². The van der Waals surface area contributed by atoms with Crippen LogP contribution in [0.5, 0.6) is 0 Å². The van der Waals surface area contributed by atoms with Crippen LogP contribution in [0.4, 0.5) is 0 Å². The zero-order valence-corrected chi connectivity index (χ0v) is 12.0. The van der Waals surface area contributed by atoms with Crippen molar-refractivity contribution < 1.29 is 9.90 Å². The molecule has 0 radical (unpaired) electrons. The van der Waals surface area contributed by atoms with Crippen molar-refractivity contribution >= 4 is 29.3 Å². The zero-order chi connectivity index (χ0) is 14.0. The number of aromatic carboxylic acids is 1. The molecule has 7 heteroatoms. The van der Waals surface area contributed by atoms with E-state index in [-0.39, 0.29) is 5.56 Å². The highest BCUT2D eigenvalue weighted by Crippen LogP contribution is 2.28. The Morgan fingerprint density at radius 2 is 2.32 bits per heavy atom. The standard InChI is InChI=1S/C12H12ClN3O2S/c1-7-10(13)9(16(2)15-7)6-19-11-8(12(17)18)4-3-5-14-11/h3-5H,6H2,1-2H3,(H,17,18). The smallest absolute Gasteiger partial charge is 0.338 e. The van der Waals surface area contributed by atoms with E-state index in [1.807, 2.05) is 14.0 Å². The van der Waals surface area contributed by atoms with Crippen LogP contribution in [0.25, 0.3) is 0 Å². The van der Waals surface area contributed by atoms with Gasteiger partial charge >= 0.3 is 5.97 Å². The minimum atomic E-state index is -0.983. The summed E-state index contributed by atoms with van der Waals surface area (Å²) in [5.41, 5.74) is 1.81. The summed E-state index contributed by atoms with van der Waals surface area (Å²) in [5.74, 6) is -0.462. The Balaban J connectivity index is 2.22. The lowest BCUT2D eigenvalue weighted by molar-refractivity contribution is 0.0692. The molecule has 0 fully saturated rings. The predicted molar refractivity (Wildman–Crippen MR) is 73.7 cm³/mol. The van der Waals surface area contributed by atoms with E-state index in [4.69, 9.17) is 16.7 Å². The van der Waals surface area contributed by atoms with Crippen molar-refractivity contribution in [1.29, 1.82) is 0 Å². The van der Waals surface area contributed by atoms with Crippen LogP contribution >= 0.6 is 23.4 Å². The first-order valence-electron chi connectivity index (χ1n) is 5.49. The highest BCUT2D eigenvalue weighted by molar-refractivity contribution is 7.98. The van der Waals surface area contributed by atoms with Gasteiger partial charge in [0, 0.05) is 19.0 Å². The van der Waals surface area contributed by atoms with Crippen LogP contribution in [0.1, 0.15) is 21.7 Å². The molecule has 5 nitrogen and oxygen atoms in total. The lowest BCUT2D eigenvalue weighted by Crippen LogP contribution is -2.01. The van der Waals surface area contributed by atoms with Gasteiger partial charge < -0.3 is 5.11 Å². The van der Waals surface area contributed by atoms with E-state index < -0.39 is 5.97 Å². The van der Waals surface area contributed by atoms with E-state index in [0.29, 0.717) is 15.8 Å². The second kappa shape index (κ2) is 5.63. The Morgan fingerprint density at radius 3 is 2.89 bits per heavy atom. The summed E-state index contributed by atoms with van der Waals surface area (Å²) < 4.78 is 1.70. The molecular weight excluding hydrogens is 286 g/mol. The van der Waals surface area contributed by atoms with Crippen LogP contribution in [0.3, 0.4) is 0 Å². The average Bonchev–Trinajstić information content (AvgIpc) is 2.61. The maximum absolute atomic E-state index is 11.1.